The SMILES string of the molecule is O=C(Oc1ccc(S(=O)(=O)O)c(C2C3CC4CC(C3)CC2C4)c1)c1cc(I)ccc1I. The molecule has 4 aliphatic carbocycles. The number of rotatable bonds is 4. The molecule has 2 aromatic rings. The lowest BCUT2D eigenvalue weighted by atomic mass is 9.51. The number of ether oxygens (including phenoxy) is 1. The zero-order chi connectivity index (χ0) is 21.9. The van der Waals surface area contributed by atoms with Crippen molar-refractivity contribution in [1.29, 1.82) is 0 Å². The number of hydrogen-bond acceptors (Lipinski definition) is 4. The maximum absolute atomic E-state index is 12.8. The van der Waals surface area contributed by atoms with Gasteiger partial charge in [0.25, 0.3) is 10.1 Å². The third kappa shape index (κ3) is 4.29. The molecule has 0 radical (unpaired) electrons. The van der Waals surface area contributed by atoms with Crippen molar-refractivity contribution in [3.63, 3.8) is 0 Å². The van der Waals surface area contributed by atoms with Crippen molar-refractivity contribution in [2.45, 2.75) is 42.9 Å². The molecule has 0 aliphatic heterocycles. The molecule has 0 aromatic heterocycles. The first kappa shape index (κ1) is 22.1. The Morgan fingerprint density at radius 3 is 2.19 bits per heavy atom. The molecule has 164 valence electrons. The number of benzene rings is 2. The van der Waals surface area contributed by atoms with Gasteiger partial charge in [0.15, 0.2) is 0 Å². The van der Waals surface area contributed by atoms with E-state index in [9.17, 15) is 17.8 Å². The van der Waals surface area contributed by atoms with Gasteiger partial charge in [-0.25, -0.2) is 4.79 Å². The molecular weight excluding hydrogens is 642 g/mol. The second-order valence-electron chi connectivity index (χ2n) is 9.14. The summed E-state index contributed by atoms with van der Waals surface area (Å²) in [6.07, 6.45) is 5.78. The summed E-state index contributed by atoms with van der Waals surface area (Å²) in [6, 6.07) is 10.1. The molecule has 0 amide bonds. The van der Waals surface area contributed by atoms with Crippen LogP contribution in [-0.4, -0.2) is 18.9 Å². The number of halogens is 2. The van der Waals surface area contributed by atoms with Gasteiger partial charge in [-0.3, -0.25) is 4.55 Å². The largest absolute Gasteiger partial charge is 0.423 e. The Kier molecular flexibility index (Phi) is 5.88. The van der Waals surface area contributed by atoms with Gasteiger partial charge >= 0.3 is 5.97 Å². The Morgan fingerprint density at radius 1 is 0.935 bits per heavy atom. The van der Waals surface area contributed by atoms with Crippen molar-refractivity contribution >= 4 is 61.3 Å². The van der Waals surface area contributed by atoms with Crippen LogP contribution in [0.15, 0.2) is 41.3 Å². The lowest BCUT2D eigenvalue weighted by molar-refractivity contribution is -0.00373. The van der Waals surface area contributed by atoms with Crippen molar-refractivity contribution in [3.05, 3.63) is 54.7 Å². The lowest BCUT2D eigenvalue weighted by Crippen LogP contribution is -2.44. The molecule has 31 heavy (non-hydrogen) atoms. The number of carbonyl (C=O) groups excluding carboxylic acids is 1. The van der Waals surface area contributed by atoms with Crippen LogP contribution >= 0.6 is 45.2 Å². The highest BCUT2D eigenvalue weighted by atomic mass is 127. The van der Waals surface area contributed by atoms with Gasteiger partial charge in [-0.1, -0.05) is 0 Å². The molecule has 6 rings (SSSR count). The summed E-state index contributed by atoms with van der Waals surface area (Å²) in [7, 11) is -4.37. The third-order valence-electron chi connectivity index (χ3n) is 7.20. The Balaban J connectivity index is 1.51. The first-order chi connectivity index (χ1) is 14.7. The van der Waals surface area contributed by atoms with E-state index < -0.39 is 16.1 Å². The summed E-state index contributed by atoms with van der Waals surface area (Å²) in [6.45, 7) is 0. The van der Waals surface area contributed by atoms with Crippen molar-refractivity contribution in [2.75, 3.05) is 0 Å². The van der Waals surface area contributed by atoms with E-state index in [1.54, 1.807) is 12.1 Å². The van der Waals surface area contributed by atoms with Gasteiger partial charge in [-0.2, -0.15) is 8.42 Å². The average Bonchev–Trinajstić information content (AvgIpc) is 2.68. The van der Waals surface area contributed by atoms with Gasteiger partial charge < -0.3 is 4.74 Å². The van der Waals surface area contributed by atoms with Crippen LogP contribution in [0.3, 0.4) is 0 Å². The molecule has 4 aliphatic rings. The quantitative estimate of drug-likeness (QED) is 0.191. The first-order valence-electron chi connectivity index (χ1n) is 10.5. The Morgan fingerprint density at radius 2 is 1.58 bits per heavy atom. The zero-order valence-electron chi connectivity index (χ0n) is 16.6. The van der Waals surface area contributed by atoms with Gasteiger partial charge in [-0.05, 0) is 149 Å². The Labute approximate surface area is 209 Å². The van der Waals surface area contributed by atoms with Crippen LogP contribution in [0.2, 0.25) is 0 Å². The number of esters is 1. The van der Waals surface area contributed by atoms with Crippen LogP contribution in [0.5, 0.6) is 5.75 Å². The molecule has 5 nitrogen and oxygen atoms in total. The van der Waals surface area contributed by atoms with E-state index in [-0.39, 0.29) is 10.8 Å². The molecular formula is C23H22I2O5S. The van der Waals surface area contributed by atoms with E-state index in [1.165, 1.54) is 18.6 Å². The summed E-state index contributed by atoms with van der Waals surface area (Å²) in [5, 5.41) is 0. The topological polar surface area (TPSA) is 80.7 Å². The number of carbonyl (C=O) groups is 1. The third-order valence-corrected chi connectivity index (χ3v) is 9.74. The standard InChI is InChI=1S/C23H22I2O5S/c24-16-1-3-20(25)18(10-16)23(26)30-17-2-4-21(31(27,28)29)19(11-17)22-14-6-12-5-13(8-14)9-15(22)7-12/h1-4,10-15,22H,5-9H2,(H,27,28,29). The van der Waals surface area contributed by atoms with Crippen LogP contribution in [0.4, 0.5) is 0 Å². The van der Waals surface area contributed by atoms with Crippen LogP contribution < -0.4 is 4.74 Å². The average molecular weight is 664 g/mol. The van der Waals surface area contributed by atoms with Crippen molar-refractivity contribution in [3.8, 4) is 5.75 Å². The fraction of sp³-hybridized carbons (Fsp3) is 0.435. The fourth-order valence-corrected chi connectivity index (χ4v) is 8.11. The van der Waals surface area contributed by atoms with E-state index in [4.69, 9.17) is 4.74 Å². The van der Waals surface area contributed by atoms with Crippen LogP contribution in [-0.2, 0) is 10.1 Å². The highest BCUT2D eigenvalue weighted by Gasteiger charge is 2.49. The molecule has 4 fully saturated rings. The summed E-state index contributed by atoms with van der Waals surface area (Å²) in [4.78, 5) is 12.8. The monoisotopic (exact) mass is 664 g/mol. The minimum atomic E-state index is -4.37. The van der Waals surface area contributed by atoms with Crippen molar-refractivity contribution in [1.82, 2.24) is 0 Å². The maximum atomic E-state index is 12.8. The fourth-order valence-electron chi connectivity index (χ4n) is 6.33. The summed E-state index contributed by atoms with van der Waals surface area (Å²) in [5.74, 6) is 2.28. The predicted octanol–water partition coefficient (Wildman–Crippen LogP) is 5.90. The molecule has 0 heterocycles. The normalized spacial score (nSPS) is 29.2. The molecule has 0 spiro atoms. The van der Waals surface area contributed by atoms with Gasteiger partial charge in [-0.15, -0.1) is 0 Å². The summed E-state index contributed by atoms with van der Waals surface area (Å²) < 4.78 is 41.6. The lowest BCUT2D eigenvalue weighted by Gasteiger charge is -2.54. The molecule has 1 N–H and O–H groups in total. The summed E-state index contributed by atoms with van der Waals surface area (Å²) >= 11 is 4.25. The van der Waals surface area contributed by atoms with Crippen LogP contribution in [0, 0.1) is 30.8 Å². The highest BCUT2D eigenvalue weighted by molar-refractivity contribution is 14.1. The number of hydrogen-bond donors (Lipinski definition) is 1. The van der Waals surface area contributed by atoms with Gasteiger partial charge in [0.1, 0.15) is 5.75 Å². The Hall–Kier alpha value is -0.720. The first-order valence-corrected chi connectivity index (χ1v) is 14.1. The van der Waals surface area contributed by atoms with Gasteiger partial charge in [0.2, 0.25) is 0 Å². The minimum absolute atomic E-state index is 0.0476. The molecule has 4 bridgehead atoms. The van der Waals surface area contributed by atoms with E-state index in [2.05, 4.69) is 45.2 Å². The van der Waals surface area contributed by atoms with Gasteiger partial charge in [0, 0.05) is 7.14 Å². The highest BCUT2D eigenvalue weighted by Crippen LogP contribution is 2.60. The zero-order valence-corrected chi connectivity index (χ0v) is 21.8. The molecule has 8 heteroatoms. The second kappa shape index (κ2) is 8.25. The molecule has 2 aromatic carbocycles. The molecule has 0 unspecified atom stereocenters. The summed E-state index contributed by atoms with van der Waals surface area (Å²) in [5.41, 5.74) is 1.08. The molecule has 4 saturated carbocycles. The van der Waals surface area contributed by atoms with Crippen LogP contribution in [0.1, 0.15) is 53.9 Å². The van der Waals surface area contributed by atoms with Crippen LogP contribution in [0.25, 0.3) is 0 Å². The Bertz CT molecular complexity index is 1130. The molecule has 0 saturated heterocycles. The second-order valence-corrected chi connectivity index (χ2v) is 12.9. The van der Waals surface area contributed by atoms with E-state index in [1.807, 2.05) is 12.1 Å². The van der Waals surface area contributed by atoms with E-state index in [0.29, 0.717) is 28.7 Å². The van der Waals surface area contributed by atoms with Gasteiger partial charge in [0.05, 0.1) is 10.5 Å². The van der Waals surface area contributed by atoms with E-state index in [0.717, 1.165) is 44.7 Å². The van der Waals surface area contributed by atoms with E-state index >= 15 is 0 Å². The minimum Gasteiger partial charge on any atom is -0.423 e. The maximum Gasteiger partial charge on any atom is 0.344 e. The molecule has 0 atom stereocenters. The smallest absolute Gasteiger partial charge is 0.344 e. The van der Waals surface area contributed by atoms with Crippen molar-refractivity contribution in [2.24, 2.45) is 23.7 Å². The predicted molar refractivity (Wildman–Crippen MR) is 133 cm³/mol. The van der Waals surface area contributed by atoms with Crippen molar-refractivity contribution < 1.29 is 22.5 Å².